The summed E-state index contributed by atoms with van der Waals surface area (Å²) in [5.41, 5.74) is 0. The molecule has 5 heavy (non-hydrogen) atoms. The normalized spacial score (nSPS) is 3.40. The van der Waals surface area contributed by atoms with Crippen LogP contribution in [0.25, 0.3) is 0 Å². The first-order chi connectivity index (χ1) is 1.41. The Hall–Kier alpha value is 1.38. The Labute approximate surface area is 59.1 Å². The minimum absolute atomic E-state index is 0. The van der Waals surface area contributed by atoms with Crippen molar-refractivity contribution in [2.75, 3.05) is 0 Å². The van der Waals surface area contributed by atoms with Gasteiger partial charge in [0.05, 0.1) is 0 Å². The Morgan fingerprint density at radius 3 is 1.60 bits per heavy atom. The van der Waals surface area contributed by atoms with E-state index in [1.165, 1.54) is 0 Å². The number of nitrogens with two attached hydrogens (primary N) is 1. The fourth-order valence-corrected chi connectivity index (χ4v) is 0. The van der Waals surface area contributed by atoms with Crippen LogP contribution in [0.3, 0.4) is 0 Å². The molecular formula is H2AlNOSiTi. The van der Waals surface area contributed by atoms with Crippen LogP contribution in [0.1, 0.15) is 0 Å². The van der Waals surface area contributed by atoms with Crippen molar-refractivity contribution >= 4 is 27.6 Å². The molecule has 0 spiro atoms. The van der Waals surface area contributed by atoms with Crippen LogP contribution in [-0.4, -0.2) is 27.6 Å². The zero-order chi connectivity index (χ0) is 2.71. The van der Waals surface area contributed by atoms with Crippen LogP contribution in [0.2, 0.25) is 0 Å². The van der Waals surface area contributed by atoms with E-state index in [0.29, 0.717) is 0 Å². The summed E-state index contributed by atoms with van der Waals surface area (Å²) in [4.78, 5) is 0. The SMILES string of the molecule is N[O][Al].[Si].[Ti]. The Morgan fingerprint density at radius 1 is 1.60 bits per heavy atom. The Kier molecular flexibility index (Phi) is 58.9. The zero-order valence-corrected chi connectivity index (χ0v) is 6.28. The van der Waals surface area contributed by atoms with E-state index in [2.05, 4.69) is 9.79 Å². The van der Waals surface area contributed by atoms with Crippen LogP contribution >= 0.6 is 0 Å². The third-order valence-corrected chi connectivity index (χ3v) is 0. The first-order valence-electron chi connectivity index (χ1n) is 0.471. The van der Waals surface area contributed by atoms with Gasteiger partial charge in [0, 0.05) is 32.7 Å². The van der Waals surface area contributed by atoms with Crippen LogP contribution in [0.4, 0.5) is 0 Å². The van der Waals surface area contributed by atoms with E-state index in [-0.39, 0.29) is 32.7 Å². The maximum Gasteiger partial charge on any atom is 0.409 e. The number of rotatable bonds is 0. The molecule has 0 saturated carbocycles. The van der Waals surface area contributed by atoms with Crippen LogP contribution in [0.15, 0.2) is 0 Å². The average molecular weight is 135 g/mol. The summed E-state index contributed by atoms with van der Waals surface area (Å²) < 4.78 is 3.67. The maximum atomic E-state index is 4.31. The van der Waals surface area contributed by atoms with Crippen molar-refractivity contribution in [3.05, 3.63) is 0 Å². The summed E-state index contributed by atoms with van der Waals surface area (Å²) >= 11 is 1.86. The summed E-state index contributed by atoms with van der Waals surface area (Å²) in [6, 6.07) is 0. The van der Waals surface area contributed by atoms with E-state index < -0.39 is 0 Å². The van der Waals surface area contributed by atoms with Crippen molar-refractivity contribution in [1.29, 1.82) is 0 Å². The first kappa shape index (κ1) is 16.2. The van der Waals surface area contributed by atoms with E-state index in [1.807, 2.05) is 16.6 Å². The van der Waals surface area contributed by atoms with Crippen LogP contribution in [-0.2, 0) is 25.6 Å². The minimum atomic E-state index is 0. The molecule has 2 nitrogen and oxygen atoms in total. The molecule has 0 amide bonds. The molecule has 6 radical (unpaired) electrons. The number of hydrogen-bond acceptors (Lipinski definition) is 2. The van der Waals surface area contributed by atoms with Gasteiger partial charge in [-0.3, -0.25) is 5.90 Å². The van der Waals surface area contributed by atoms with Gasteiger partial charge in [0.2, 0.25) is 0 Å². The van der Waals surface area contributed by atoms with Crippen LogP contribution < -0.4 is 5.90 Å². The Balaban J connectivity index is -0.0000000200. The molecule has 0 atom stereocenters. The predicted molar refractivity (Wildman–Crippen MR) is 16.8 cm³/mol. The van der Waals surface area contributed by atoms with Crippen molar-refractivity contribution in [3.63, 3.8) is 0 Å². The van der Waals surface area contributed by atoms with Crippen molar-refractivity contribution in [2.45, 2.75) is 0 Å². The van der Waals surface area contributed by atoms with E-state index in [9.17, 15) is 0 Å². The van der Waals surface area contributed by atoms with Gasteiger partial charge in [-0.05, 0) is 0 Å². The molecule has 24 valence electrons. The summed E-state index contributed by atoms with van der Waals surface area (Å²) in [7, 11) is 0. The smallest absolute Gasteiger partial charge is 0.409 e. The third-order valence-electron chi connectivity index (χ3n) is 0. The molecule has 0 aromatic heterocycles. The molecule has 0 rings (SSSR count). The van der Waals surface area contributed by atoms with Crippen molar-refractivity contribution in [3.8, 4) is 0 Å². The molecule has 0 aliphatic carbocycles. The van der Waals surface area contributed by atoms with E-state index in [4.69, 9.17) is 0 Å². The monoisotopic (exact) mass is 135 g/mol. The van der Waals surface area contributed by atoms with E-state index in [1.54, 1.807) is 0 Å². The summed E-state index contributed by atoms with van der Waals surface area (Å²) in [5, 5.41) is 0. The Bertz CT molecular complexity index is 11.6. The van der Waals surface area contributed by atoms with Gasteiger partial charge in [0.15, 0.2) is 0 Å². The van der Waals surface area contributed by atoms with E-state index in [0.717, 1.165) is 0 Å². The van der Waals surface area contributed by atoms with Crippen LogP contribution in [0.5, 0.6) is 0 Å². The van der Waals surface area contributed by atoms with Crippen molar-refractivity contribution < 1.29 is 25.6 Å². The first-order valence-corrected chi connectivity index (χ1v) is 0.943. The molecule has 0 saturated heterocycles. The third kappa shape index (κ3) is 32.2. The fourth-order valence-electron chi connectivity index (χ4n) is 0. The molecule has 0 aliphatic heterocycles. The van der Waals surface area contributed by atoms with Gasteiger partial charge in [0.25, 0.3) is 0 Å². The van der Waals surface area contributed by atoms with Gasteiger partial charge >= 0.3 is 16.6 Å². The maximum absolute atomic E-state index is 4.31. The molecule has 0 heterocycles. The molecule has 0 fully saturated rings. The van der Waals surface area contributed by atoms with Crippen molar-refractivity contribution in [1.82, 2.24) is 0 Å². The largest absolute Gasteiger partial charge is 0.454 e. The molecule has 5 heteroatoms. The summed E-state index contributed by atoms with van der Waals surface area (Å²) in [5.74, 6) is 4.31. The number of hydrogen-bond donors (Lipinski definition) is 1. The standard InChI is InChI=1S/Al.H2NO.Si.Ti/c;1-2;;/h;1H2;;/q+1;-1;;. The van der Waals surface area contributed by atoms with Crippen LogP contribution in [0, 0.1) is 0 Å². The molecule has 0 unspecified atom stereocenters. The zero-order valence-electron chi connectivity index (χ0n) is 2.56. The van der Waals surface area contributed by atoms with Gasteiger partial charge in [-0.1, -0.05) is 0 Å². The second-order valence-electron chi connectivity index (χ2n) is 0.136. The molecule has 0 aliphatic rings. The summed E-state index contributed by atoms with van der Waals surface area (Å²) in [6.45, 7) is 0. The Morgan fingerprint density at radius 2 is 1.60 bits per heavy atom. The topological polar surface area (TPSA) is 35.2 Å². The van der Waals surface area contributed by atoms with Gasteiger partial charge in [0.1, 0.15) is 0 Å². The van der Waals surface area contributed by atoms with E-state index >= 15 is 0 Å². The van der Waals surface area contributed by atoms with Crippen molar-refractivity contribution in [2.24, 2.45) is 5.90 Å². The fraction of sp³-hybridized carbons (Fsp3) is 0. The molecule has 2 N–H and O–H groups in total. The second kappa shape index (κ2) is 18.2. The summed E-state index contributed by atoms with van der Waals surface area (Å²) in [6.07, 6.45) is 0. The van der Waals surface area contributed by atoms with Gasteiger partial charge in [-0.15, -0.1) is 0 Å². The molecule has 0 aromatic carbocycles. The van der Waals surface area contributed by atoms with Gasteiger partial charge in [-0.25, -0.2) is 0 Å². The quantitative estimate of drug-likeness (QED) is 0.326. The van der Waals surface area contributed by atoms with Gasteiger partial charge in [-0.2, -0.15) is 0 Å². The predicted octanol–water partition coefficient (Wildman–Crippen LogP) is -1.42. The average Bonchev–Trinajstić information content (AvgIpc) is 0.918. The minimum Gasteiger partial charge on any atom is -0.454 e. The second-order valence-corrected chi connectivity index (χ2v) is 0.408. The molecule has 0 bridgehead atoms. The molecular weight excluding hydrogens is 133 g/mol. The van der Waals surface area contributed by atoms with Gasteiger partial charge < -0.3 is 3.89 Å². The molecule has 0 aromatic rings.